The minimum absolute atomic E-state index is 0.0611. The van der Waals surface area contributed by atoms with Gasteiger partial charge in [-0.05, 0) is 19.1 Å². The lowest BCUT2D eigenvalue weighted by Gasteiger charge is -2.04. The van der Waals surface area contributed by atoms with Gasteiger partial charge >= 0.3 is 0 Å². The molecule has 0 spiro atoms. The van der Waals surface area contributed by atoms with E-state index in [2.05, 4.69) is 14.9 Å². The summed E-state index contributed by atoms with van der Waals surface area (Å²) >= 11 is 0. The molecule has 0 atom stereocenters. The molecular formula is C10H14N4O3S. The summed E-state index contributed by atoms with van der Waals surface area (Å²) in [5, 5.41) is 6.33. The molecule has 7 nitrogen and oxygen atoms in total. The smallest absolute Gasteiger partial charge is 0.260 e. The van der Waals surface area contributed by atoms with Gasteiger partial charge in [0.05, 0.1) is 12.8 Å². The fraction of sp³-hybridized carbons (Fsp3) is 0.300. The minimum atomic E-state index is -3.69. The average molecular weight is 270 g/mol. The van der Waals surface area contributed by atoms with Crippen LogP contribution < -0.4 is 10.5 Å². The van der Waals surface area contributed by atoms with Gasteiger partial charge in [-0.3, -0.25) is 5.10 Å². The summed E-state index contributed by atoms with van der Waals surface area (Å²) in [7, 11) is -3.69. The zero-order chi connectivity index (χ0) is 13.2. The first-order valence-electron chi connectivity index (χ1n) is 5.30. The fourth-order valence-electron chi connectivity index (χ4n) is 1.54. The molecule has 4 N–H and O–H groups in total. The largest absolute Gasteiger partial charge is 0.468 e. The number of furan rings is 1. The van der Waals surface area contributed by atoms with Crippen molar-refractivity contribution in [3.63, 3.8) is 0 Å². The van der Waals surface area contributed by atoms with Gasteiger partial charge in [-0.25, -0.2) is 13.1 Å². The zero-order valence-corrected chi connectivity index (χ0v) is 10.6. The van der Waals surface area contributed by atoms with Gasteiger partial charge in [-0.1, -0.05) is 0 Å². The standard InChI is InChI=1S/C10H14N4O3S/c1-7-9(5-11)10(14-13-7)18(15,16)12-6-8-3-2-4-17-8/h2-4,12H,5-6,11H2,1H3,(H,13,14). The summed E-state index contributed by atoms with van der Waals surface area (Å²) < 4.78 is 31.5. The van der Waals surface area contributed by atoms with Gasteiger partial charge in [0.25, 0.3) is 10.0 Å². The second-order valence-electron chi connectivity index (χ2n) is 3.74. The summed E-state index contributed by atoms with van der Waals surface area (Å²) in [6.45, 7) is 1.91. The lowest BCUT2D eigenvalue weighted by molar-refractivity contribution is 0.498. The van der Waals surface area contributed by atoms with Crippen LogP contribution in [-0.4, -0.2) is 18.6 Å². The molecule has 0 saturated heterocycles. The molecule has 0 aliphatic carbocycles. The van der Waals surface area contributed by atoms with Crippen molar-refractivity contribution in [3.8, 4) is 0 Å². The lowest BCUT2D eigenvalue weighted by Crippen LogP contribution is -2.25. The predicted molar refractivity (Wildman–Crippen MR) is 63.9 cm³/mol. The quantitative estimate of drug-likeness (QED) is 0.720. The van der Waals surface area contributed by atoms with E-state index in [-0.39, 0.29) is 18.1 Å². The Labute approximate surface area is 104 Å². The molecule has 2 aromatic rings. The van der Waals surface area contributed by atoms with Gasteiger partial charge in [-0.15, -0.1) is 0 Å². The third kappa shape index (κ3) is 2.45. The summed E-state index contributed by atoms with van der Waals surface area (Å²) in [6.07, 6.45) is 1.48. The average Bonchev–Trinajstić information content (AvgIpc) is 2.95. The fourth-order valence-corrected chi connectivity index (χ4v) is 2.74. The van der Waals surface area contributed by atoms with E-state index in [0.29, 0.717) is 17.0 Å². The van der Waals surface area contributed by atoms with Gasteiger partial charge in [0.1, 0.15) is 5.76 Å². The highest BCUT2D eigenvalue weighted by molar-refractivity contribution is 7.89. The number of hydrogen-bond acceptors (Lipinski definition) is 5. The number of aryl methyl sites for hydroxylation is 1. The highest BCUT2D eigenvalue weighted by Gasteiger charge is 2.22. The molecule has 0 fully saturated rings. The number of aromatic amines is 1. The van der Waals surface area contributed by atoms with E-state index < -0.39 is 10.0 Å². The lowest BCUT2D eigenvalue weighted by atomic mass is 10.3. The summed E-state index contributed by atoms with van der Waals surface area (Å²) in [4.78, 5) is 0. The van der Waals surface area contributed by atoms with Crippen LogP contribution in [0.2, 0.25) is 0 Å². The van der Waals surface area contributed by atoms with Crippen LogP contribution in [0.5, 0.6) is 0 Å². The van der Waals surface area contributed by atoms with Gasteiger partial charge in [-0.2, -0.15) is 5.10 Å². The Morgan fingerprint density at radius 2 is 2.33 bits per heavy atom. The number of nitrogens with zero attached hydrogens (tertiary/aromatic N) is 1. The molecule has 2 rings (SSSR count). The van der Waals surface area contributed by atoms with E-state index in [1.165, 1.54) is 6.26 Å². The first kappa shape index (κ1) is 12.8. The summed E-state index contributed by atoms with van der Waals surface area (Å²) in [5.74, 6) is 0.528. The molecule has 0 aliphatic heterocycles. The van der Waals surface area contributed by atoms with E-state index in [4.69, 9.17) is 10.2 Å². The molecule has 0 saturated carbocycles. The molecule has 18 heavy (non-hydrogen) atoms. The molecule has 2 aromatic heterocycles. The maximum atomic E-state index is 12.0. The Morgan fingerprint density at radius 3 is 2.94 bits per heavy atom. The highest BCUT2D eigenvalue weighted by atomic mass is 32.2. The van der Waals surface area contributed by atoms with Crippen molar-refractivity contribution in [1.29, 1.82) is 0 Å². The number of hydrogen-bond donors (Lipinski definition) is 3. The molecule has 0 radical (unpaired) electrons. The minimum Gasteiger partial charge on any atom is -0.468 e. The topological polar surface area (TPSA) is 114 Å². The molecule has 0 unspecified atom stereocenters. The third-order valence-electron chi connectivity index (χ3n) is 2.51. The highest BCUT2D eigenvalue weighted by Crippen LogP contribution is 2.15. The molecule has 0 amide bonds. The van der Waals surface area contributed by atoms with Gasteiger partial charge in [0.15, 0.2) is 5.03 Å². The summed E-state index contributed by atoms with van der Waals surface area (Å²) in [5.41, 5.74) is 6.65. The van der Waals surface area contributed by atoms with E-state index in [1.54, 1.807) is 19.1 Å². The summed E-state index contributed by atoms with van der Waals surface area (Å²) in [6, 6.07) is 3.37. The van der Waals surface area contributed by atoms with Crippen molar-refractivity contribution in [3.05, 3.63) is 35.4 Å². The second-order valence-corrected chi connectivity index (χ2v) is 5.42. The van der Waals surface area contributed by atoms with Crippen molar-refractivity contribution in [1.82, 2.24) is 14.9 Å². The number of nitrogens with two attached hydrogens (primary N) is 1. The van der Waals surface area contributed by atoms with Gasteiger partial charge in [0.2, 0.25) is 0 Å². The van der Waals surface area contributed by atoms with Crippen LogP contribution in [0.3, 0.4) is 0 Å². The Bertz CT molecular complexity index is 616. The Kier molecular flexibility index (Phi) is 3.50. The monoisotopic (exact) mass is 270 g/mol. The first-order chi connectivity index (χ1) is 8.54. The van der Waals surface area contributed by atoms with Gasteiger partial charge < -0.3 is 10.2 Å². The van der Waals surface area contributed by atoms with Crippen molar-refractivity contribution < 1.29 is 12.8 Å². The van der Waals surface area contributed by atoms with Crippen molar-refractivity contribution in [2.45, 2.75) is 25.0 Å². The number of aromatic nitrogens is 2. The van der Waals surface area contributed by atoms with Crippen molar-refractivity contribution in [2.24, 2.45) is 5.73 Å². The number of H-pyrrole nitrogens is 1. The maximum Gasteiger partial charge on any atom is 0.260 e. The van der Waals surface area contributed by atoms with Crippen LogP contribution in [-0.2, 0) is 23.1 Å². The predicted octanol–water partition coefficient (Wildman–Crippen LogP) is 0.248. The maximum absolute atomic E-state index is 12.0. The molecule has 2 heterocycles. The molecule has 0 bridgehead atoms. The van der Waals surface area contributed by atoms with E-state index in [0.717, 1.165) is 0 Å². The Hall–Kier alpha value is -1.64. The zero-order valence-electron chi connectivity index (χ0n) is 9.80. The van der Waals surface area contributed by atoms with Crippen LogP contribution in [0, 0.1) is 6.92 Å². The van der Waals surface area contributed by atoms with E-state index >= 15 is 0 Å². The van der Waals surface area contributed by atoms with Crippen molar-refractivity contribution in [2.75, 3.05) is 0 Å². The number of sulfonamides is 1. The Balaban J connectivity index is 2.20. The van der Waals surface area contributed by atoms with Crippen LogP contribution in [0.15, 0.2) is 27.8 Å². The normalized spacial score (nSPS) is 11.9. The van der Waals surface area contributed by atoms with E-state index in [9.17, 15) is 8.42 Å². The Morgan fingerprint density at radius 1 is 1.56 bits per heavy atom. The van der Waals surface area contributed by atoms with Crippen LogP contribution >= 0.6 is 0 Å². The van der Waals surface area contributed by atoms with E-state index in [1.807, 2.05) is 0 Å². The van der Waals surface area contributed by atoms with Crippen LogP contribution in [0.1, 0.15) is 17.0 Å². The van der Waals surface area contributed by atoms with Crippen LogP contribution in [0.25, 0.3) is 0 Å². The molecule has 98 valence electrons. The molecular weight excluding hydrogens is 256 g/mol. The number of nitrogens with one attached hydrogen (secondary N) is 2. The SMILES string of the molecule is Cc1[nH]nc(S(=O)(=O)NCc2ccco2)c1CN. The molecule has 0 aliphatic rings. The van der Waals surface area contributed by atoms with Crippen molar-refractivity contribution >= 4 is 10.0 Å². The molecule has 0 aromatic carbocycles. The molecule has 8 heteroatoms. The first-order valence-corrected chi connectivity index (χ1v) is 6.79. The van der Waals surface area contributed by atoms with Gasteiger partial charge in [0, 0.05) is 17.8 Å². The second kappa shape index (κ2) is 4.92. The third-order valence-corrected chi connectivity index (χ3v) is 3.88. The van der Waals surface area contributed by atoms with Crippen LogP contribution in [0.4, 0.5) is 0 Å². The number of rotatable bonds is 5.